The highest BCUT2D eigenvalue weighted by molar-refractivity contribution is 7.91. The first-order valence-corrected chi connectivity index (χ1v) is 8.58. The average Bonchev–Trinajstić information content (AvgIpc) is 2.83. The topological polar surface area (TPSA) is 62.8 Å². The summed E-state index contributed by atoms with van der Waals surface area (Å²) in [6.45, 7) is 1.95. The molecule has 0 radical (unpaired) electrons. The van der Waals surface area contributed by atoms with Crippen molar-refractivity contribution in [3.63, 3.8) is 0 Å². The zero-order valence-electron chi connectivity index (χ0n) is 11.5. The molecule has 0 saturated heterocycles. The molecular formula is C15H13ClN2O2S. The number of sulfone groups is 1. The second-order valence-electron chi connectivity index (χ2n) is 4.97. The number of benzene rings is 2. The molecule has 1 heterocycles. The zero-order chi connectivity index (χ0) is 15.2. The van der Waals surface area contributed by atoms with Crippen LogP contribution in [0.25, 0.3) is 22.4 Å². The normalized spacial score (nSPS) is 12.0. The van der Waals surface area contributed by atoms with Crippen LogP contribution in [0.4, 0.5) is 0 Å². The lowest BCUT2D eigenvalue weighted by Gasteiger charge is -2.02. The third-order valence-electron chi connectivity index (χ3n) is 3.33. The predicted octanol–water partition coefficient (Wildman–Crippen LogP) is 3.60. The molecule has 0 bridgehead atoms. The van der Waals surface area contributed by atoms with Gasteiger partial charge in [0, 0.05) is 16.8 Å². The van der Waals surface area contributed by atoms with E-state index in [0.717, 1.165) is 11.1 Å². The predicted molar refractivity (Wildman–Crippen MR) is 84.4 cm³/mol. The number of aryl methyl sites for hydroxylation is 1. The lowest BCUT2D eigenvalue weighted by atomic mass is 10.1. The Balaban J connectivity index is 2.30. The van der Waals surface area contributed by atoms with Crippen LogP contribution in [0, 0.1) is 6.92 Å². The summed E-state index contributed by atoms with van der Waals surface area (Å²) in [6.07, 6.45) is 1.18. The van der Waals surface area contributed by atoms with Gasteiger partial charge in [0.15, 0.2) is 9.84 Å². The molecule has 4 nitrogen and oxygen atoms in total. The zero-order valence-corrected chi connectivity index (χ0v) is 13.1. The van der Waals surface area contributed by atoms with E-state index in [2.05, 4.69) is 9.97 Å². The molecule has 1 N–H and O–H groups in total. The lowest BCUT2D eigenvalue weighted by molar-refractivity contribution is 0.602. The summed E-state index contributed by atoms with van der Waals surface area (Å²) in [4.78, 5) is 7.84. The largest absolute Gasteiger partial charge is 0.338 e. The summed E-state index contributed by atoms with van der Waals surface area (Å²) in [5.74, 6) is 0.612. The van der Waals surface area contributed by atoms with Gasteiger partial charge in [-0.15, -0.1) is 0 Å². The van der Waals surface area contributed by atoms with Crippen molar-refractivity contribution in [1.82, 2.24) is 9.97 Å². The maximum Gasteiger partial charge on any atom is 0.177 e. The molecular weight excluding hydrogens is 308 g/mol. The first-order chi connectivity index (χ1) is 9.86. The SMILES string of the molecule is Cc1ccc(Cl)cc1-c1nc2c(S(C)(=O)=O)cccc2[nH]1. The van der Waals surface area contributed by atoms with Gasteiger partial charge in [0.2, 0.25) is 0 Å². The maximum atomic E-state index is 11.8. The number of hydrogen-bond acceptors (Lipinski definition) is 3. The number of rotatable bonds is 2. The van der Waals surface area contributed by atoms with Gasteiger partial charge in [-0.1, -0.05) is 23.7 Å². The minimum Gasteiger partial charge on any atom is -0.338 e. The Kier molecular flexibility index (Phi) is 3.26. The van der Waals surface area contributed by atoms with Crippen LogP contribution < -0.4 is 0 Å². The summed E-state index contributed by atoms with van der Waals surface area (Å²) >= 11 is 6.03. The van der Waals surface area contributed by atoms with Gasteiger partial charge >= 0.3 is 0 Å². The van der Waals surface area contributed by atoms with Gasteiger partial charge in [0.05, 0.1) is 10.4 Å². The number of nitrogens with zero attached hydrogens (tertiary/aromatic N) is 1. The van der Waals surface area contributed by atoms with Gasteiger partial charge < -0.3 is 4.98 Å². The molecule has 3 rings (SSSR count). The minimum atomic E-state index is -3.33. The number of imidazole rings is 1. The second-order valence-corrected chi connectivity index (χ2v) is 7.39. The van der Waals surface area contributed by atoms with E-state index in [1.165, 1.54) is 6.26 Å². The summed E-state index contributed by atoms with van der Waals surface area (Å²) in [7, 11) is -3.33. The van der Waals surface area contributed by atoms with E-state index < -0.39 is 9.84 Å². The van der Waals surface area contributed by atoms with Gasteiger partial charge in [-0.3, -0.25) is 0 Å². The molecule has 3 aromatic rings. The fraction of sp³-hybridized carbons (Fsp3) is 0.133. The van der Waals surface area contributed by atoms with E-state index in [-0.39, 0.29) is 4.90 Å². The van der Waals surface area contributed by atoms with Crippen LogP contribution in [0.1, 0.15) is 5.56 Å². The Morgan fingerprint density at radius 2 is 1.95 bits per heavy atom. The monoisotopic (exact) mass is 320 g/mol. The van der Waals surface area contributed by atoms with Crippen molar-refractivity contribution in [3.05, 3.63) is 47.0 Å². The molecule has 0 fully saturated rings. The first kappa shape index (κ1) is 14.1. The number of hydrogen-bond donors (Lipinski definition) is 1. The van der Waals surface area contributed by atoms with Crippen molar-refractivity contribution in [2.45, 2.75) is 11.8 Å². The number of aromatic amines is 1. The van der Waals surface area contributed by atoms with Crippen molar-refractivity contribution >= 4 is 32.5 Å². The number of para-hydroxylation sites is 1. The van der Waals surface area contributed by atoms with E-state index in [1.54, 1.807) is 18.2 Å². The van der Waals surface area contributed by atoms with E-state index in [9.17, 15) is 8.42 Å². The van der Waals surface area contributed by atoms with Crippen molar-refractivity contribution in [3.8, 4) is 11.4 Å². The van der Waals surface area contributed by atoms with Gasteiger partial charge in [-0.25, -0.2) is 13.4 Å². The Hall–Kier alpha value is -1.85. The van der Waals surface area contributed by atoms with Crippen LogP contribution in [0.15, 0.2) is 41.3 Å². The second kappa shape index (κ2) is 4.86. The van der Waals surface area contributed by atoms with E-state index >= 15 is 0 Å². The van der Waals surface area contributed by atoms with Crippen LogP contribution in [0.3, 0.4) is 0 Å². The number of halogens is 1. The standard InChI is InChI=1S/C15H13ClN2O2S/c1-9-6-7-10(16)8-11(9)15-17-12-4-3-5-13(14(12)18-15)21(2,19)20/h3-8H,1-2H3,(H,17,18). The third-order valence-corrected chi connectivity index (χ3v) is 4.69. The summed E-state index contributed by atoms with van der Waals surface area (Å²) < 4.78 is 23.7. The van der Waals surface area contributed by atoms with Gasteiger partial charge in [-0.2, -0.15) is 0 Å². The van der Waals surface area contributed by atoms with Crippen molar-refractivity contribution in [2.75, 3.05) is 6.26 Å². The Bertz CT molecular complexity index is 945. The number of nitrogens with one attached hydrogen (secondary N) is 1. The molecule has 0 atom stereocenters. The van der Waals surface area contributed by atoms with E-state index in [4.69, 9.17) is 11.6 Å². The Morgan fingerprint density at radius 1 is 1.19 bits per heavy atom. The van der Waals surface area contributed by atoms with Crippen molar-refractivity contribution in [1.29, 1.82) is 0 Å². The summed E-state index contributed by atoms with van der Waals surface area (Å²) in [5.41, 5.74) is 3.01. The average molecular weight is 321 g/mol. The molecule has 2 aromatic carbocycles. The number of fused-ring (bicyclic) bond motifs is 1. The molecule has 0 saturated carbocycles. The highest BCUT2D eigenvalue weighted by Gasteiger charge is 2.16. The van der Waals surface area contributed by atoms with E-state index in [1.807, 2.05) is 25.1 Å². The third kappa shape index (κ3) is 2.54. The molecule has 108 valence electrons. The molecule has 6 heteroatoms. The minimum absolute atomic E-state index is 0.224. The van der Waals surface area contributed by atoms with Crippen LogP contribution >= 0.6 is 11.6 Å². The smallest absolute Gasteiger partial charge is 0.177 e. The molecule has 0 unspecified atom stereocenters. The van der Waals surface area contributed by atoms with Gasteiger partial charge in [0.25, 0.3) is 0 Å². The lowest BCUT2D eigenvalue weighted by Crippen LogP contribution is -1.97. The van der Waals surface area contributed by atoms with Gasteiger partial charge in [-0.05, 0) is 36.8 Å². The highest BCUT2D eigenvalue weighted by Crippen LogP contribution is 2.28. The first-order valence-electron chi connectivity index (χ1n) is 6.31. The summed E-state index contributed by atoms with van der Waals surface area (Å²) in [5, 5.41) is 0.611. The molecule has 0 spiro atoms. The quantitative estimate of drug-likeness (QED) is 0.784. The van der Waals surface area contributed by atoms with Crippen LogP contribution in [-0.4, -0.2) is 24.6 Å². The van der Waals surface area contributed by atoms with Gasteiger partial charge in [0.1, 0.15) is 11.3 Å². The molecule has 21 heavy (non-hydrogen) atoms. The molecule has 0 amide bonds. The summed E-state index contributed by atoms with van der Waals surface area (Å²) in [6, 6.07) is 10.6. The molecule has 0 aliphatic heterocycles. The van der Waals surface area contributed by atoms with Crippen molar-refractivity contribution < 1.29 is 8.42 Å². The van der Waals surface area contributed by atoms with Crippen LogP contribution in [-0.2, 0) is 9.84 Å². The Labute approximate surface area is 127 Å². The van der Waals surface area contributed by atoms with E-state index in [0.29, 0.717) is 21.9 Å². The number of aromatic nitrogens is 2. The molecule has 0 aliphatic rings. The maximum absolute atomic E-state index is 11.8. The fourth-order valence-electron chi connectivity index (χ4n) is 2.28. The molecule has 1 aromatic heterocycles. The highest BCUT2D eigenvalue weighted by atomic mass is 35.5. The van der Waals surface area contributed by atoms with Crippen LogP contribution in [0.5, 0.6) is 0 Å². The molecule has 0 aliphatic carbocycles. The van der Waals surface area contributed by atoms with Crippen LogP contribution in [0.2, 0.25) is 5.02 Å². The van der Waals surface area contributed by atoms with Crippen molar-refractivity contribution in [2.24, 2.45) is 0 Å². The number of H-pyrrole nitrogens is 1. The Morgan fingerprint density at radius 3 is 2.67 bits per heavy atom. The fourth-order valence-corrected chi connectivity index (χ4v) is 3.29.